The number of halogens is 1. The standard InChI is InChI=1S/C23H19FN4O4/c1-12-17-20(27-26-12)32-19(25)18(21(29)31-2)23(17)15-5-3-4-6-16(15)28(22(23)30)11-13-7-9-14(24)10-8-13/h3-10H,11,25H2,1-2H3,(H,26,27)/t23-/m0/s1. The van der Waals surface area contributed by atoms with E-state index in [2.05, 4.69) is 10.2 Å². The second-order valence-corrected chi connectivity index (χ2v) is 7.65. The molecule has 162 valence electrons. The summed E-state index contributed by atoms with van der Waals surface area (Å²) in [6.45, 7) is 1.91. The zero-order valence-electron chi connectivity index (χ0n) is 17.3. The lowest BCUT2D eigenvalue weighted by molar-refractivity contribution is -0.138. The highest BCUT2D eigenvalue weighted by atomic mass is 19.1. The summed E-state index contributed by atoms with van der Waals surface area (Å²) in [5.74, 6) is -1.67. The third kappa shape index (κ3) is 2.51. The minimum Gasteiger partial charge on any atom is -0.465 e. The molecule has 3 N–H and O–H groups in total. The third-order valence-electron chi connectivity index (χ3n) is 5.93. The van der Waals surface area contributed by atoms with Gasteiger partial charge in [0.15, 0.2) is 0 Å². The van der Waals surface area contributed by atoms with Gasteiger partial charge in [-0.3, -0.25) is 9.89 Å². The van der Waals surface area contributed by atoms with Crippen molar-refractivity contribution >= 4 is 17.6 Å². The molecule has 1 atom stereocenters. The summed E-state index contributed by atoms with van der Waals surface area (Å²) >= 11 is 0. The Bertz CT molecular complexity index is 1300. The average molecular weight is 434 g/mol. The zero-order chi connectivity index (χ0) is 22.6. The maximum absolute atomic E-state index is 14.3. The van der Waals surface area contributed by atoms with Gasteiger partial charge in [-0.25, -0.2) is 9.18 Å². The Labute approximate surface area is 182 Å². The molecule has 0 unspecified atom stereocenters. The summed E-state index contributed by atoms with van der Waals surface area (Å²) in [6, 6.07) is 13.0. The molecule has 3 heterocycles. The number of para-hydroxylation sites is 1. The van der Waals surface area contributed by atoms with Crippen LogP contribution in [-0.2, 0) is 26.3 Å². The van der Waals surface area contributed by atoms with Gasteiger partial charge >= 0.3 is 5.97 Å². The van der Waals surface area contributed by atoms with Gasteiger partial charge in [-0.05, 0) is 30.7 Å². The number of anilines is 1. The van der Waals surface area contributed by atoms with E-state index in [4.69, 9.17) is 15.2 Å². The number of aryl methyl sites for hydroxylation is 1. The van der Waals surface area contributed by atoms with Crippen molar-refractivity contribution in [3.63, 3.8) is 0 Å². The summed E-state index contributed by atoms with van der Waals surface area (Å²) in [5, 5.41) is 6.97. The predicted molar refractivity (Wildman–Crippen MR) is 112 cm³/mol. The van der Waals surface area contributed by atoms with Gasteiger partial charge in [-0.2, -0.15) is 0 Å². The van der Waals surface area contributed by atoms with Crippen LogP contribution in [0.3, 0.4) is 0 Å². The van der Waals surface area contributed by atoms with Gasteiger partial charge in [0, 0.05) is 16.9 Å². The Kier molecular flexibility index (Phi) is 4.30. The maximum Gasteiger partial charge on any atom is 0.340 e. The van der Waals surface area contributed by atoms with Gasteiger partial charge in [0.25, 0.3) is 0 Å². The number of amides is 1. The first-order chi connectivity index (χ1) is 15.4. The van der Waals surface area contributed by atoms with E-state index in [-0.39, 0.29) is 29.7 Å². The molecule has 0 saturated heterocycles. The first-order valence-electron chi connectivity index (χ1n) is 9.87. The molecule has 1 spiro atoms. The van der Waals surface area contributed by atoms with Crippen molar-refractivity contribution in [2.75, 3.05) is 12.0 Å². The fourth-order valence-corrected chi connectivity index (χ4v) is 4.61. The number of rotatable bonds is 3. The average Bonchev–Trinajstić information content (AvgIpc) is 3.27. The van der Waals surface area contributed by atoms with Crippen molar-refractivity contribution in [3.05, 3.63) is 88.2 Å². The van der Waals surface area contributed by atoms with Crippen LogP contribution in [0.25, 0.3) is 0 Å². The van der Waals surface area contributed by atoms with Crippen LogP contribution in [-0.4, -0.2) is 29.2 Å². The Hall–Kier alpha value is -4.14. The van der Waals surface area contributed by atoms with Crippen molar-refractivity contribution in [1.29, 1.82) is 0 Å². The largest absolute Gasteiger partial charge is 0.465 e. The number of carbonyl (C=O) groups excluding carboxylic acids is 2. The van der Waals surface area contributed by atoms with Crippen molar-refractivity contribution in [3.8, 4) is 5.88 Å². The molecule has 2 aromatic carbocycles. The molecule has 1 amide bonds. The fourth-order valence-electron chi connectivity index (χ4n) is 4.61. The van der Waals surface area contributed by atoms with Crippen molar-refractivity contribution in [2.45, 2.75) is 18.9 Å². The molecular weight excluding hydrogens is 415 g/mol. The predicted octanol–water partition coefficient (Wildman–Crippen LogP) is 2.43. The van der Waals surface area contributed by atoms with Gasteiger partial charge < -0.3 is 20.1 Å². The van der Waals surface area contributed by atoms with E-state index in [1.165, 1.54) is 19.2 Å². The Morgan fingerprint density at radius 3 is 2.69 bits per heavy atom. The van der Waals surface area contributed by atoms with Crippen molar-refractivity contribution in [1.82, 2.24) is 10.2 Å². The van der Waals surface area contributed by atoms with Crippen molar-refractivity contribution in [2.24, 2.45) is 5.73 Å². The summed E-state index contributed by atoms with van der Waals surface area (Å²) in [5.41, 5.74) is 7.31. The number of hydrogen-bond donors (Lipinski definition) is 2. The number of ether oxygens (including phenoxy) is 2. The van der Waals surface area contributed by atoms with E-state index in [0.717, 1.165) is 5.56 Å². The lowest BCUT2D eigenvalue weighted by atomic mass is 9.68. The summed E-state index contributed by atoms with van der Waals surface area (Å²) in [4.78, 5) is 28.8. The summed E-state index contributed by atoms with van der Waals surface area (Å²) in [7, 11) is 1.22. The topological polar surface area (TPSA) is 111 Å². The van der Waals surface area contributed by atoms with Gasteiger partial charge in [0.05, 0.1) is 19.2 Å². The van der Waals surface area contributed by atoms with Gasteiger partial charge in [-0.1, -0.05) is 30.3 Å². The van der Waals surface area contributed by atoms with Crippen LogP contribution in [0.4, 0.5) is 10.1 Å². The summed E-state index contributed by atoms with van der Waals surface area (Å²) < 4.78 is 24.0. The first-order valence-corrected chi connectivity index (χ1v) is 9.87. The van der Waals surface area contributed by atoms with E-state index >= 15 is 0 Å². The number of methoxy groups -OCH3 is 1. The molecule has 2 aliphatic heterocycles. The Balaban J connectivity index is 1.79. The molecule has 0 fully saturated rings. The van der Waals surface area contributed by atoms with Crippen LogP contribution in [0.2, 0.25) is 0 Å². The second-order valence-electron chi connectivity index (χ2n) is 7.65. The van der Waals surface area contributed by atoms with Crippen LogP contribution >= 0.6 is 0 Å². The van der Waals surface area contributed by atoms with E-state index in [1.54, 1.807) is 48.2 Å². The number of aromatic nitrogens is 2. The molecule has 3 aromatic rings. The molecule has 0 radical (unpaired) electrons. The number of nitrogens with zero attached hydrogens (tertiary/aromatic N) is 2. The second kappa shape index (κ2) is 6.94. The molecule has 0 bridgehead atoms. The zero-order valence-corrected chi connectivity index (χ0v) is 17.3. The Morgan fingerprint density at radius 1 is 1.25 bits per heavy atom. The number of esters is 1. The molecule has 0 aliphatic carbocycles. The number of nitrogens with two attached hydrogens (primary N) is 1. The molecule has 2 aliphatic rings. The minimum atomic E-state index is -1.60. The van der Waals surface area contributed by atoms with Gasteiger partial charge in [0.1, 0.15) is 16.8 Å². The molecule has 1 aromatic heterocycles. The third-order valence-corrected chi connectivity index (χ3v) is 5.93. The molecular formula is C23H19FN4O4. The lowest BCUT2D eigenvalue weighted by Crippen LogP contribution is -2.48. The van der Waals surface area contributed by atoms with Crippen LogP contribution < -0.4 is 15.4 Å². The number of carbonyl (C=O) groups is 2. The number of H-pyrrole nitrogens is 1. The van der Waals surface area contributed by atoms with Crippen LogP contribution in [0.5, 0.6) is 5.88 Å². The number of aromatic amines is 1. The van der Waals surface area contributed by atoms with E-state index in [0.29, 0.717) is 22.5 Å². The highest BCUT2D eigenvalue weighted by molar-refractivity contribution is 6.18. The highest BCUT2D eigenvalue weighted by Gasteiger charge is 2.62. The number of hydrogen-bond acceptors (Lipinski definition) is 6. The molecule has 5 rings (SSSR count). The number of benzene rings is 2. The SMILES string of the molecule is COC(=O)C1=C(N)Oc2n[nH]c(C)c2[C@]12C(=O)N(Cc1ccc(F)cc1)c1ccccc12. The number of nitrogens with one attached hydrogen (secondary N) is 1. The Morgan fingerprint density at radius 2 is 1.97 bits per heavy atom. The smallest absolute Gasteiger partial charge is 0.340 e. The van der Waals surface area contributed by atoms with E-state index in [9.17, 15) is 14.0 Å². The number of fused-ring (bicyclic) bond motifs is 4. The van der Waals surface area contributed by atoms with Gasteiger partial charge in [0.2, 0.25) is 17.7 Å². The van der Waals surface area contributed by atoms with Gasteiger partial charge in [-0.15, -0.1) is 5.10 Å². The molecule has 32 heavy (non-hydrogen) atoms. The van der Waals surface area contributed by atoms with Crippen LogP contribution in [0, 0.1) is 12.7 Å². The van der Waals surface area contributed by atoms with E-state index < -0.39 is 17.3 Å². The van der Waals surface area contributed by atoms with Crippen LogP contribution in [0.1, 0.15) is 22.4 Å². The molecule has 8 nitrogen and oxygen atoms in total. The first kappa shape index (κ1) is 19.8. The monoisotopic (exact) mass is 434 g/mol. The lowest BCUT2D eigenvalue weighted by Gasteiger charge is -2.34. The molecule has 9 heteroatoms. The van der Waals surface area contributed by atoms with Crippen molar-refractivity contribution < 1.29 is 23.5 Å². The quantitative estimate of drug-likeness (QED) is 0.613. The normalized spacial score (nSPS) is 19.1. The maximum atomic E-state index is 14.3. The minimum absolute atomic E-state index is 0.101. The van der Waals surface area contributed by atoms with E-state index in [1.807, 2.05) is 0 Å². The summed E-state index contributed by atoms with van der Waals surface area (Å²) in [6.07, 6.45) is 0. The highest BCUT2D eigenvalue weighted by Crippen LogP contribution is 2.56. The fraction of sp³-hybridized carbons (Fsp3) is 0.174. The molecule has 0 saturated carbocycles. The van der Waals surface area contributed by atoms with Crippen LogP contribution in [0.15, 0.2) is 60.0 Å².